The maximum absolute atomic E-state index is 12.4. The van der Waals surface area contributed by atoms with Gasteiger partial charge in [0.2, 0.25) is 0 Å². The zero-order chi connectivity index (χ0) is 25.0. The molecule has 0 radical (unpaired) electrons. The number of nitrogens with zero attached hydrogens (tertiary/aromatic N) is 3. The number of fused-ring (bicyclic) bond motifs is 1. The number of benzene rings is 1. The average Bonchev–Trinajstić information content (AvgIpc) is 3.21. The number of rotatable bonds is 3. The van der Waals surface area contributed by atoms with E-state index in [0.717, 1.165) is 61.2 Å². The molecule has 5 rings (SSSR count). The van der Waals surface area contributed by atoms with Crippen LogP contribution in [-0.2, 0) is 4.74 Å². The lowest BCUT2D eigenvalue weighted by Crippen LogP contribution is -2.49. The Bertz CT molecular complexity index is 1260. The van der Waals surface area contributed by atoms with Gasteiger partial charge in [0.25, 0.3) is 0 Å². The molecule has 1 spiro atoms. The van der Waals surface area contributed by atoms with Crippen LogP contribution in [0.25, 0.3) is 16.8 Å². The Labute approximate surface area is 216 Å². The molecule has 2 aromatic heterocycles. The number of methoxy groups -OCH3 is 1. The molecule has 3 aromatic rings. The fourth-order valence-electron chi connectivity index (χ4n) is 5.42. The second-order valence-corrected chi connectivity index (χ2v) is 11.6. The molecule has 0 atom stereocenters. The van der Waals surface area contributed by atoms with Crippen molar-refractivity contribution in [2.45, 2.75) is 58.0 Å². The quantitative estimate of drug-likeness (QED) is 0.369. The number of likely N-dealkylation sites (tertiary alicyclic amines) is 1. The van der Waals surface area contributed by atoms with Crippen LogP contribution in [0.15, 0.2) is 36.7 Å². The average molecular weight is 516 g/mol. The molecule has 1 aliphatic carbocycles. The van der Waals surface area contributed by atoms with E-state index in [1.54, 1.807) is 13.2 Å². The van der Waals surface area contributed by atoms with Gasteiger partial charge in [-0.25, -0.2) is 9.78 Å². The first kappa shape index (κ1) is 24.3. The Morgan fingerprint density at radius 1 is 1.14 bits per heavy atom. The molecule has 1 amide bonds. The molecule has 0 N–H and O–H groups in total. The Morgan fingerprint density at radius 2 is 1.86 bits per heavy atom. The first-order valence-electron chi connectivity index (χ1n) is 12.1. The second kappa shape index (κ2) is 8.90. The van der Waals surface area contributed by atoms with Gasteiger partial charge in [0.15, 0.2) is 0 Å². The highest BCUT2D eigenvalue weighted by molar-refractivity contribution is 6.44. The number of carbonyl (C=O) groups excluding carboxylic acids is 1. The van der Waals surface area contributed by atoms with Gasteiger partial charge in [0.05, 0.1) is 22.8 Å². The minimum Gasteiger partial charge on any atom is -0.496 e. The monoisotopic (exact) mass is 515 g/mol. The minimum absolute atomic E-state index is 0.198. The Hall–Kier alpha value is -2.44. The maximum atomic E-state index is 12.4. The molecule has 1 saturated heterocycles. The van der Waals surface area contributed by atoms with E-state index in [9.17, 15) is 4.79 Å². The van der Waals surface area contributed by atoms with Crippen molar-refractivity contribution in [3.8, 4) is 16.9 Å². The number of pyridine rings is 1. The number of halogens is 2. The Morgan fingerprint density at radius 3 is 2.51 bits per heavy atom. The third-order valence-electron chi connectivity index (χ3n) is 7.30. The highest BCUT2D eigenvalue weighted by atomic mass is 35.5. The van der Waals surface area contributed by atoms with Crippen molar-refractivity contribution in [3.63, 3.8) is 0 Å². The summed E-state index contributed by atoms with van der Waals surface area (Å²) in [4.78, 5) is 19.2. The molecule has 1 saturated carbocycles. The van der Waals surface area contributed by atoms with E-state index < -0.39 is 5.60 Å². The van der Waals surface area contributed by atoms with E-state index in [0.29, 0.717) is 27.1 Å². The van der Waals surface area contributed by atoms with Crippen molar-refractivity contribution in [3.05, 3.63) is 52.4 Å². The van der Waals surface area contributed by atoms with Crippen molar-refractivity contribution < 1.29 is 14.3 Å². The van der Waals surface area contributed by atoms with Crippen LogP contribution in [0, 0.1) is 5.41 Å². The van der Waals surface area contributed by atoms with Crippen LogP contribution in [0.1, 0.15) is 58.1 Å². The van der Waals surface area contributed by atoms with E-state index in [1.165, 1.54) is 0 Å². The van der Waals surface area contributed by atoms with Crippen molar-refractivity contribution in [1.82, 2.24) is 14.3 Å². The molecule has 35 heavy (non-hydrogen) atoms. The highest BCUT2D eigenvalue weighted by Gasteiger charge is 2.47. The predicted molar refractivity (Wildman–Crippen MR) is 139 cm³/mol. The first-order chi connectivity index (χ1) is 16.6. The number of piperidine rings is 1. The molecule has 8 heteroatoms. The molecule has 0 unspecified atom stereocenters. The van der Waals surface area contributed by atoms with Gasteiger partial charge >= 0.3 is 6.09 Å². The SMILES string of the molecule is COc1ccc(Cl)c(Cl)c1-c1ccn2cc(C3CC4(CCN(C(=O)OC(C)(C)C)CC4)C3)nc2c1. The molecule has 1 aromatic carbocycles. The van der Waals surface area contributed by atoms with Crippen LogP contribution >= 0.6 is 23.2 Å². The maximum Gasteiger partial charge on any atom is 0.410 e. The summed E-state index contributed by atoms with van der Waals surface area (Å²) in [6.07, 6.45) is 8.20. The highest BCUT2D eigenvalue weighted by Crippen LogP contribution is 2.56. The van der Waals surface area contributed by atoms with Crippen molar-refractivity contribution in [2.24, 2.45) is 5.41 Å². The molecule has 186 valence electrons. The van der Waals surface area contributed by atoms with Crippen LogP contribution in [0.4, 0.5) is 4.79 Å². The van der Waals surface area contributed by atoms with Gasteiger partial charge in [-0.3, -0.25) is 0 Å². The van der Waals surface area contributed by atoms with Gasteiger partial charge in [-0.05, 0) is 81.7 Å². The zero-order valence-corrected chi connectivity index (χ0v) is 22.1. The lowest BCUT2D eigenvalue weighted by molar-refractivity contribution is -0.0125. The van der Waals surface area contributed by atoms with Crippen LogP contribution in [0.5, 0.6) is 5.75 Å². The number of ether oxygens (including phenoxy) is 2. The minimum atomic E-state index is -0.458. The molecule has 1 aliphatic heterocycles. The van der Waals surface area contributed by atoms with Gasteiger partial charge in [0, 0.05) is 37.0 Å². The van der Waals surface area contributed by atoms with Crippen molar-refractivity contribution in [2.75, 3.05) is 20.2 Å². The van der Waals surface area contributed by atoms with Crippen molar-refractivity contribution >= 4 is 34.9 Å². The van der Waals surface area contributed by atoms with Gasteiger partial charge < -0.3 is 18.8 Å². The molecule has 0 bridgehead atoms. The molecule has 2 fully saturated rings. The van der Waals surface area contributed by atoms with Crippen LogP contribution < -0.4 is 4.74 Å². The number of hydrogen-bond donors (Lipinski definition) is 0. The lowest BCUT2D eigenvalue weighted by Gasteiger charge is -2.51. The second-order valence-electron chi connectivity index (χ2n) is 10.9. The fraction of sp³-hybridized carbons (Fsp3) is 0.481. The van der Waals surface area contributed by atoms with Crippen LogP contribution in [-0.4, -0.2) is 46.2 Å². The molecular weight excluding hydrogens is 485 g/mol. The standard InChI is InChI=1S/C27H31Cl2N3O3/c1-26(2,3)35-25(33)31-11-8-27(9-12-31)14-18(15-27)20-16-32-10-7-17(13-22(32)30-20)23-21(34-4)6-5-19(28)24(23)29/h5-7,10,13,16,18H,8-9,11-12,14-15H2,1-4H3. The molecular formula is C27H31Cl2N3O3. The Balaban J connectivity index is 1.28. The normalized spacial score (nSPS) is 18.1. The van der Waals surface area contributed by atoms with Crippen LogP contribution in [0.2, 0.25) is 10.0 Å². The molecule has 6 nitrogen and oxygen atoms in total. The van der Waals surface area contributed by atoms with E-state index in [2.05, 4.69) is 10.6 Å². The summed E-state index contributed by atoms with van der Waals surface area (Å²) in [6, 6.07) is 7.60. The van der Waals surface area contributed by atoms with Crippen LogP contribution in [0.3, 0.4) is 0 Å². The summed E-state index contributed by atoms with van der Waals surface area (Å²) in [5.74, 6) is 1.12. The lowest BCUT2D eigenvalue weighted by atomic mass is 9.57. The van der Waals surface area contributed by atoms with Gasteiger partial charge in [-0.1, -0.05) is 23.2 Å². The number of carbonyl (C=O) groups is 1. The number of aromatic nitrogens is 2. The number of amides is 1. The summed E-state index contributed by atoms with van der Waals surface area (Å²) >= 11 is 12.8. The largest absolute Gasteiger partial charge is 0.496 e. The fourth-order valence-corrected chi connectivity index (χ4v) is 5.84. The topological polar surface area (TPSA) is 56.1 Å². The molecule has 3 heterocycles. The van der Waals surface area contributed by atoms with Gasteiger partial charge in [0.1, 0.15) is 17.0 Å². The third-order valence-corrected chi connectivity index (χ3v) is 8.10. The van der Waals surface area contributed by atoms with Gasteiger partial charge in [-0.2, -0.15) is 0 Å². The van der Waals surface area contributed by atoms with Gasteiger partial charge in [-0.15, -0.1) is 0 Å². The summed E-state index contributed by atoms with van der Waals surface area (Å²) in [5.41, 5.74) is 3.53. The summed E-state index contributed by atoms with van der Waals surface area (Å²) in [5, 5.41) is 0.963. The van der Waals surface area contributed by atoms with E-state index >= 15 is 0 Å². The summed E-state index contributed by atoms with van der Waals surface area (Å²) < 4.78 is 13.1. The number of imidazole rings is 1. The number of hydrogen-bond acceptors (Lipinski definition) is 4. The van der Waals surface area contributed by atoms with Crippen molar-refractivity contribution in [1.29, 1.82) is 0 Å². The Kier molecular flexibility index (Phi) is 6.17. The smallest absolute Gasteiger partial charge is 0.410 e. The summed E-state index contributed by atoms with van der Waals surface area (Å²) in [6.45, 7) is 7.25. The first-order valence-corrected chi connectivity index (χ1v) is 12.8. The molecule has 2 aliphatic rings. The van der Waals surface area contributed by atoms with E-state index in [4.69, 9.17) is 37.7 Å². The zero-order valence-electron chi connectivity index (χ0n) is 20.6. The van der Waals surface area contributed by atoms with E-state index in [-0.39, 0.29) is 6.09 Å². The summed E-state index contributed by atoms with van der Waals surface area (Å²) in [7, 11) is 1.62. The third kappa shape index (κ3) is 4.70. The van der Waals surface area contributed by atoms with E-state index in [1.807, 2.05) is 50.1 Å². The predicted octanol–water partition coefficient (Wildman–Crippen LogP) is 7.21.